The third-order valence-corrected chi connectivity index (χ3v) is 11.3. The van der Waals surface area contributed by atoms with Crippen LogP contribution in [0.4, 0.5) is 5.00 Å². The minimum Gasteiger partial charge on any atom is -0.313 e. The van der Waals surface area contributed by atoms with E-state index in [2.05, 4.69) is 11.4 Å². The first-order chi connectivity index (χ1) is 19.4. The van der Waals surface area contributed by atoms with Crippen LogP contribution in [0, 0.1) is 0 Å². The van der Waals surface area contributed by atoms with Crippen molar-refractivity contribution in [2.75, 3.05) is 12.4 Å². The summed E-state index contributed by atoms with van der Waals surface area (Å²) in [5.74, 6) is -0.264. The van der Waals surface area contributed by atoms with E-state index in [-0.39, 0.29) is 17.3 Å². The monoisotopic (exact) mass is 587 g/mol. The van der Waals surface area contributed by atoms with Gasteiger partial charge < -0.3 is 5.32 Å². The Hall–Kier alpha value is -3.37. The molecule has 0 aliphatic heterocycles. The van der Waals surface area contributed by atoms with Crippen LogP contribution in [0.5, 0.6) is 0 Å². The van der Waals surface area contributed by atoms with Crippen LogP contribution >= 0.6 is 22.7 Å². The molecule has 204 valence electrons. The van der Waals surface area contributed by atoms with Crippen LogP contribution in [0.1, 0.15) is 45.6 Å². The quantitative estimate of drug-likeness (QED) is 0.202. The van der Waals surface area contributed by atoms with Crippen molar-refractivity contribution in [2.24, 2.45) is 0 Å². The van der Waals surface area contributed by atoms with E-state index in [1.165, 1.54) is 33.3 Å². The van der Waals surface area contributed by atoms with E-state index in [4.69, 9.17) is 4.98 Å². The number of sulfonamides is 1. The van der Waals surface area contributed by atoms with E-state index in [0.29, 0.717) is 5.56 Å². The first-order valence-electron chi connectivity index (χ1n) is 13.3. The fraction of sp³-hybridized carbons (Fsp3) is 0.226. The van der Waals surface area contributed by atoms with Gasteiger partial charge in [-0.2, -0.15) is 4.31 Å². The summed E-state index contributed by atoms with van der Waals surface area (Å²) in [6.07, 6.45) is 5.48. The lowest BCUT2D eigenvalue weighted by molar-refractivity contribution is 0.102. The number of thiophene rings is 1. The molecule has 6 nitrogen and oxygen atoms in total. The van der Waals surface area contributed by atoms with Gasteiger partial charge >= 0.3 is 0 Å². The topological polar surface area (TPSA) is 79.4 Å². The maximum Gasteiger partial charge on any atom is 0.256 e. The zero-order valence-electron chi connectivity index (χ0n) is 22.1. The fourth-order valence-electron chi connectivity index (χ4n) is 5.10. The minimum absolute atomic E-state index is 0.153. The second kappa shape index (κ2) is 11.2. The number of amides is 1. The van der Waals surface area contributed by atoms with E-state index < -0.39 is 10.0 Å². The summed E-state index contributed by atoms with van der Waals surface area (Å²) < 4.78 is 28.7. The van der Waals surface area contributed by atoms with Crippen molar-refractivity contribution in [2.45, 2.75) is 43.5 Å². The summed E-state index contributed by atoms with van der Waals surface area (Å²) in [7, 11) is -2.14. The summed E-state index contributed by atoms with van der Waals surface area (Å²) in [5, 5.41) is 4.89. The molecule has 1 N–H and O–H groups in total. The summed E-state index contributed by atoms with van der Waals surface area (Å²) >= 11 is 3.30. The molecule has 40 heavy (non-hydrogen) atoms. The Labute approximate surface area is 242 Å². The van der Waals surface area contributed by atoms with E-state index >= 15 is 0 Å². The molecule has 0 radical (unpaired) electrons. The molecule has 0 fully saturated rings. The summed E-state index contributed by atoms with van der Waals surface area (Å²) in [5.41, 5.74) is 4.62. The Morgan fingerprint density at radius 2 is 1.62 bits per heavy atom. The maximum absolute atomic E-state index is 13.4. The van der Waals surface area contributed by atoms with Crippen LogP contribution in [0.3, 0.4) is 0 Å². The number of rotatable bonds is 7. The van der Waals surface area contributed by atoms with Gasteiger partial charge in [0.25, 0.3) is 5.91 Å². The Morgan fingerprint density at radius 3 is 2.40 bits per heavy atom. The number of carbonyl (C=O) groups is 1. The summed E-state index contributed by atoms with van der Waals surface area (Å²) in [4.78, 5) is 19.8. The van der Waals surface area contributed by atoms with Crippen LogP contribution < -0.4 is 5.32 Å². The van der Waals surface area contributed by atoms with Gasteiger partial charge in [0.15, 0.2) is 0 Å². The molecule has 3 aromatic carbocycles. The number of nitrogens with zero attached hydrogens (tertiary/aromatic N) is 2. The zero-order chi connectivity index (χ0) is 27.7. The normalized spacial score (nSPS) is 13.8. The number of benzene rings is 3. The third-order valence-electron chi connectivity index (χ3n) is 7.23. The third kappa shape index (κ3) is 5.34. The predicted octanol–water partition coefficient (Wildman–Crippen LogP) is 7.37. The van der Waals surface area contributed by atoms with Gasteiger partial charge in [0, 0.05) is 29.6 Å². The van der Waals surface area contributed by atoms with Crippen LogP contribution in [0.15, 0.2) is 83.8 Å². The largest absolute Gasteiger partial charge is 0.313 e. The molecule has 0 spiro atoms. The molecule has 0 unspecified atom stereocenters. The number of para-hydroxylation sites is 1. The number of aromatic nitrogens is 1. The molecule has 0 atom stereocenters. The minimum atomic E-state index is -3.70. The molecule has 5 aromatic rings. The molecule has 0 bridgehead atoms. The number of hydrogen-bond donors (Lipinski definition) is 1. The van der Waals surface area contributed by atoms with Crippen LogP contribution in [-0.2, 0) is 29.4 Å². The van der Waals surface area contributed by atoms with E-state index in [0.717, 1.165) is 57.0 Å². The molecule has 1 amide bonds. The van der Waals surface area contributed by atoms with Gasteiger partial charge in [-0.05, 0) is 73.2 Å². The van der Waals surface area contributed by atoms with Crippen molar-refractivity contribution >= 4 is 53.8 Å². The Balaban J connectivity index is 1.26. The van der Waals surface area contributed by atoms with E-state index in [1.807, 2.05) is 48.5 Å². The molecule has 2 aromatic heterocycles. The molecule has 0 saturated carbocycles. The first kappa shape index (κ1) is 26.8. The lowest BCUT2D eigenvalue weighted by atomic mass is 10.1. The molecule has 0 saturated heterocycles. The van der Waals surface area contributed by atoms with Gasteiger partial charge in [-0.15, -0.1) is 22.7 Å². The molecule has 2 heterocycles. The number of nitrogens with one attached hydrogen (secondary N) is 1. The first-order valence-corrected chi connectivity index (χ1v) is 16.4. The number of anilines is 1. The smallest absolute Gasteiger partial charge is 0.256 e. The van der Waals surface area contributed by atoms with Gasteiger partial charge in [0.1, 0.15) is 10.0 Å². The molecule has 1 aliphatic carbocycles. The van der Waals surface area contributed by atoms with Crippen molar-refractivity contribution in [1.82, 2.24) is 9.29 Å². The van der Waals surface area contributed by atoms with Gasteiger partial charge in [-0.25, -0.2) is 13.4 Å². The van der Waals surface area contributed by atoms with Crippen molar-refractivity contribution in [3.63, 3.8) is 0 Å². The summed E-state index contributed by atoms with van der Waals surface area (Å²) in [6.45, 7) is 0.267. The Morgan fingerprint density at radius 1 is 0.900 bits per heavy atom. The van der Waals surface area contributed by atoms with Crippen molar-refractivity contribution in [3.05, 3.63) is 100 Å². The highest BCUT2D eigenvalue weighted by Crippen LogP contribution is 2.46. The van der Waals surface area contributed by atoms with E-state index in [1.54, 1.807) is 41.9 Å². The van der Waals surface area contributed by atoms with Gasteiger partial charge in [-0.3, -0.25) is 4.79 Å². The van der Waals surface area contributed by atoms with Crippen LogP contribution in [0.25, 0.3) is 20.8 Å². The zero-order valence-corrected chi connectivity index (χ0v) is 24.5. The van der Waals surface area contributed by atoms with Crippen molar-refractivity contribution in [1.29, 1.82) is 0 Å². The Kier molecular flexibility index (Phi) is 7.55. The highest BCUT2D eigenvalue weighted by atomic mass is 32.2. The highest BCUT2D eigenvalue weighted by Gasteiger charge is 2.26. The van der Waals surface area contributed by atoms with Gasteiger partial charge in [0.2, 0.25) is 10.0 Å². The molecular formula is C31H29N3O3S3. The van der Waals surface area contributed by atoms with Crippen LogP contribution in [0.2, 0.25) is 0 Å². The Bertz CT molecular complexity index is 1740. The van der Waals surface area contributed by atoms with E-state index in [9.17, 15) is 13.2 Å². The number of fused-ring (bicyclic) bond motifs is 2. The van der Waals surface area contributed by atoms with Crippen molar-refractivity contribution in [3.8, 4) is 10.6 Å². The SMILES string of the molecule is CN(Cc1ccccc1)S(=O)(=O)c1ccc(C(=O)Nc2sc3c(c2-c2nc4ccccc4s2)CCCCC3)cc1. The lowest BCUT2D eigenvalue weighted by Gasteiger charge is -2.17. The predicted molar refractivity (Wildman–Crippen MR) is 164 cm³/mol. The molecular weight excluding hydrogens is 559 g/mol. The lowest BCUT2D eigenvalue weighted by Crippen LogP contribution is -2.26. The van der Waals surface area contributed by atoms with Gasteiger partial charge in [-0.1, -0.05) is 48.9 Å². The number of thiazole rings is 1. The standard InChI is InChI=1S/C31H29N3O3S3/c1-34(20-21-10-4-2-5-11-21)40(36,37)23-18-16-22(17-19-23)29(35)33-31-28(24-12-6-3-7-14-26(24)38-31)30-32-25-13-8-9-15-27(25)39-30/h2,4-5,8-11,13,15-19H,3,6-7,12,14,20H2,1H3,(H,33,35). The van der Waals surface area contributed by atoms with Gasteiger partial charge in [0.05, 0.1) is 15.1 Å². The summed E-state index contributed by atoms with van der Waals surface area (Å²) in [6, 6.07) is 23.7. The van der Waals surface area contributed by atoms with Crippen molar-refractivity contribution < 1.29 is 13.2 Å². The highest BCUT2D eigenvalue weighted by molar-refractivity contribution is 7.89. The number of aryl methyl sites for hydroxylation is 1. The van der Waals surface area contributed by atoms with Crippen LogP contribution in [-0.4, -0.2) is 30.7 Å². The molecule has 9 heteroatoms. The fourth-order valence-corrected chi connectivity index (χ4v) is 8.65. The average molecular weight is 588 g/mol. The average Bonchev–Trinajstić information content (AvgIpc) is 3.46. The number of carbonyl (C=O) groups excluding carboxylic acids is 1. The maximum atomic E-state index is 13.4. The number of hydrogen-bond acceptors (Lipinski definition) is 6. The molecule has 6 rings (SSSR count). The molecule has 1 aliphatic rings. The second-order valence-electron chi connectivity index (χ2n) is 9.98. The second-order valence-corrected chi connectivity index (χ2v) is 14.2.